The molecule has 1 unspecified atom stereocenters. The van der Waals surface area contributed by atoms with Gasteiger partial charge in [0.25, 0.3) is 0 Å². The number of hydrogen-bond acceptors (Lipinski definition) is 2. The van der Waals surface area contributed by atoms with Crippen molar-refractivity contribution < 1.29 is 18.0 Å². The van der Waals surface area contributed by atoms with Gasteiger partial charge in [-0.1, -0.05) is 13.8 Å². The van der Waals surface area contributed by atoms with Crippen LogP contribution in [0, 0.1) is 5.92 Å². The van der Waals surface area contributed by atoms with E-state index >= 15 is 0 Å². The van der Waals surface area contributed by atoms with Crippen molar-refractivity contribution in [2.75, 3.05) is 6.54 Å². The number of aromatic nitrogens is 2. The van der Waals surface area contributed by atoms with E-state index in [1.165, 1.54) is 10.9 Å². The van der Waals surface area contributed by atoms with Crippen LogP contribution in [0.15, 0.2) is 12.4 Å². The zero-order valence-electron chi connectivity index (χ0n) is 12.1. The number of hydrogen-bond donors (Lipinski definition) is 0. The van der Waals surface area contributed by atoms with E-state index in [0.29, 0.717) is 5.56 Å². The summed E-state index contributed by atoms with van der Waals surface area (Å²) in [5, 5.41) is 3.91. The van der Waals surface area contributed by atoms with Gasteiger partial charge in [-0.05, 0) is 18.4 Å². The van der Waals surface area contributed by atoms with Gasteiger partial charge in [0.15, 0.2) is 0 Å². The number of alkyl halides is 3. The van der Waals surface area contributed by atoms with Crippen LogP contribution in [0.5, 0.6) is 0 Å². The van der Waals surface area contributed by atoms with Crippen molar-refractivity contribution in [3.8, 4) is 0 Å². The molecule has 4 nitrogen and oxygen atoms in total. The van der Waals surface area contributed by atoms with E-state index in [-0.39, 0.29) is 12.3 Å². The highest BCUT2D eigenvalue weighted by Gasteiger charge is 2.35. The van der Waals surface area contributed by atoms with Crippen LogP contribution in [0.25, 0.3) is 0 Å². The SMILES string of the molecule is CC(C)C(C)N(CC(F)(F)F)C(=O)Cc1cnn(C)c1. The molecule has 0 aliphatic heterocycles. The summed E-state index contributed by atoms with van der Waals surface area (Å²) in [5.74, 6) is -0.577. The fourth-order valence-corrected chi connectivity index (χ4v) is 1.85. The average molecular weight is 291 g/mol. The summed E-state index contributed by atoms with van der Waals surface area (Å²) >= 11 is 0. The third-order valence-electron chi connectivity index (χ3n) is 3.24. The van der Waals surface area contributed by atoms with E-state index in [0.717, 1.165) is 4.90 Å². The van der Waals surface area contributed by atoms with E-state index in [4.69, 9.17) is 0 Å². The molecule has 0 aromatic carbocycles. The van der Waals surface area contributed by atoms with Gasteiger partial charge in [0, 0.05) is 19.3 Å². The number of amides is 1. The summed E-state index contributed by atoms with van der Waals surface area (Å²) < 4.78 is 39.4. The Hall–Kier alpha value is -1.53. The molecule has 0 N–H and O–H groups in total. The molecular weight excluding hydrogens is 271 g/mol. The third kappa shape index (κ3) is 4.86. The van der Waals surface area contributed by atoms with Crippen LogP contribution in [-0.4, -0.2) is 39.4 Å². The quantitative estimate of drug-likeness (QED) is 0.835. The van der Waals surface area contributed by atoms with Gasteiger partial charge < -0.3 is 4.90 Å². The smallest absolute Gasteiger partial charge is 0.330 e. The Morgan fingerprint density at radius 3 is 2.40 bits per heavy atom. The zero-order valence-corrected chi connectivity index (χ0v) is 12.1. The predicted octanol–water partition coefficient (Wildman–Crippen LogP) is 2.40. The molecule has 1 aromatic heterocycles. The topological polar surface area (TPSA) is 38.1 Å². The second-order valence-corrected chi connectivity index (χ2v) is 5.32. The monoisotopic (exact) mass is 291 g/mol. The zero-order chi connectivity index (χ0) is 15.5. The highest BCUT2D eigenvalue weighted by molar-refractivity contribution is 5.79. The highest BCUT2D eigenvalue weighted by atomic mass is 19.4. The third-order valence-corrected chi connectivity index (χ3v) is 3.24. The maximum atomic E-state index is 12.6. The van der Waals surface area contributed by atoms with Crippen molar-refractivity contribution >= 4 is 5.91 Å². The number of rotatable bonds is 5. The average Bonchev–Trinajstić information content (AvgIpc) is 2.69. The van der Waals surface area contributed by atoms with Crippen LogP contribution in [0.2, 0.25) is 0 Å². The minimum Gasteiger partial charge on any atom is -0.330 e. The van der Waals surface area contributed by atoms with Gasteiger partial charge in [-0.3, -0.25) is 9.48 Å². The van der Waals surface area contributed by atoms with Gasteiger partial charge in [-0.25, -0.2) is 0 Å². The first-order valence-corrected chi connectivity index (χ1v) is 6.44. The second-order valence-electron chi connectivity index (χ2n) is 5.32. The minimum atomic E-state index is -4.40. The van der Waals surface area contributed by atoms with Crippen molar-refractivity contribution in [1.29, 1.82) is 0 Å². The Balaban J connectivity index is 2.83. The van der Waals surface area contributed by atoms with E-state index in [2.05, 4.69) is 5.10 Å². The van der Waals surface area contributed by atoms with Gasteiger partial charge in [0.1, 0.15) is 6.54 Å². The molecule has 1 atom stereocenters. The fourth-order valence-electron chi connectivity index (χ4n) is 1.85. The number of halogens is 3. The molecule has 7 heteroatoms. The van der Waals surface area contributed by atoms with Crippen molar-refractivity contribution in [2.24, 2.45) is 13.0 Å². The molecule has 1 aromatic rings. The minimum absolute atomic E-state index is 0.0461. The van der Waals surface area contributed by atoms with Gasteiger partial charge in [-0.15, -0.1) is 0 Å². The summed E-state index contributed by atoms with van der Waals surface area (Å²) in [5.41, 5.74) is 0.612. The second kappa shape index (κ2) is 6.28. The molecule has 114 valence electrons. The Kier molecular flexibility index (Phi) is 5.19. The normalized spacial score (nSPS) is 13.6. The van der Waals surface area contributed by atoms with Crippen LogP contribution in [0.1, 0.15) is 26.3 Å². The molecule has 1 rings (SSSR count). The largest absolute Gasteiger partial charge is 0.406 e. The first-order valence-electron chi connectivity index (χ1n) is 6.44. The first-order chi connectivity index (χ1) is 9.10. The number of nitrogens with zero attached hydrogens (tertiary/aromatic N) is 3. The summed E-state index contributed by atoms with van der Waals surface area (Å²) in [6, 6.07) is -0.471. The lowest BCUT2D eigenvalue weighted by Gasteiger charge is -2.32. The number of carbonyl (C=O) groups excluding carboxylic acids is 1. The highest BCUT2D eigenvalue weighted by Crippen LogP contribution is 2.21. The Labute approximate surface area is 116 Å². The molecule has 0 spiro atoms. The van der Waals surface area contributed by atoms with Gasteiger partial charge in [-0.2, -0.15) is 18.3 Å². The molecule has 1 heterocycles. The molecule has 0 aliphatic rings. The van der Waals surface area contributed by atoms with Crippen molar-refractivity contribution in [3.63, 3.8) is 0 Å². The van der Waals surface area contributed by atoms with E-state index in [1.807, 2.05) is 0 Å². The van der Waals surface area contributed by atoms with Gasteiger partial charge in [0.2, 0.25) is 5.91 Å². The van der Waals surface area contributed by atoms with Crippen LogP contribution in [-0.2, 0) is 18.3 Å². The van der Waals surface area contributed by atoms with Crippen LogP contribution in [0.3, 0.4) is 0 Å². The summed E-state index contributed by atoms with van der Waals surface area (Å²) in [4.78, 5) is 13.0. The molecule has 0 saturated heterocycles. The lowest BCUT2D eigenvalue weighted by molar-refractivity contribution is -0.166. The van der Waals surface area contributed by atoms with E-state index in [9.17, 15) is 18.0 Å². The van der Waals surface area contributed by atoms with Crippen LogP contribution >= 0.6 is 0 Å². The lowest BCUT2D eigenvalue weighted by Crippen LogP contribution is -2.47. The summed E-state index contributed by atoms with van der Waals surface area (Å²) in [6.45, 7) is 4.01. The van der Waals surface area contributed by atoms with Gasteiger partial charge in [0.05, 0.1) is 12.6 Å². The maximum absolute atomic E-state index is 12.6. The van der Waals surface area contributed by atoms with Crippen molar-refractivity contribution in [3.05, 3.63) is 18.0 Å². The molecule has 0 fully saturated rings. The van der Waals surface area contributed by atoms with E-state index in [1.54, 1.807) is 34.0 Å². The van der Waals surface area contributed by atoms with Crippen molar-refractivity contribution in [1.82, 2.24) is 14.7 Å². The first kappa shape index (κ1) is 16.5. The summed E-state index contributed by atoms with van der Waals surface area (Å²) in [6.07, 6.45) is -1.35. The molecule has 0 saturated carbocycles. The molecule has 0 bridgehead atoms. The predicted molar refractivity (Wildman–Crippen MR) is 69.0 cm³/mol. The molecular formula is C13H20F3N3O. The fraction of sp³-hybridized carbons (Fsp3) is 0.692. The van der Waals surface area contributed by atoms with Crippen molar-refractivity contribution in [2.45, 2.75) is 39.4 Å². The summed E-state index contributed by atoms with van der Waals surface area (Å²) in [7, 11) is 1.69. The molecule has 0 radical (unpaired) electrons. The molecule has 1 amide bonds. The molecule has 0 aliphatic carbocycles. The number of carbonyl (C=O) groups is 1. The lowest BCUT2D eigenvalue weighted by atomic mass is 10.0. The number of aryl methyl sites for hydroxylation is 1. The maximum Gasteiger partial charge on any atom is 0.406 e. The Morgan fingerprint density at radius 2 is 2.00 bits per heavy atom. The Morgan fingerprint density at radius 1 is 1.40 bits per heavy atom. The van der Waals surface area contributed by atoms with E-state index < -0.39 is 24.7 Å². The Bertz CT molecular complexity index is 454. The van der Waals surface area contributed by atoms with Crippen LogP contribution in [0.4, 0.5) is 13.2 Å². The molecule has 20 heavy (non-hydrogen) atoms. The van der Waals surface area contributed by atoms with Crippen LogP contribution < -0.4 is 0 Å². The standard InChI is InChI=1S/C13H20F3N3O/c1-9(2)10(3)19(8-13(14,15)16)12(20)5-11-6-17-18(4)7-11/h6-7,9-10H,5,8H2,1-4H3. The van der Waals surface area contributed by atoms with Gasteiger partial charge >= 0.3 is 6.18 Å².